The van der Waals surface area contributed by atoms with Gasteiger partial charge in [-0.15, -0.1) is 0 Å². The van der Waals surface area contributed by atoms with E-state index in [0.29, 0.717) is 23.2 Å². The molecule has 0 saturated carbocycles. The van der Waals surface area contributed by atoms with E-state index in [1.807, 2.05) is 11.0 Å². The molecule has 0 spiro atoms. The zero-order valence-electron chi connectivity index (χ0n) is 14.5. The Morgan fingerprint density at radius 1 is 1.15 bits per heavy atom. The van der Waals surface area contributed by atoms with E-state index in [2.05, 4.69) is 0 Å². The van der Waals surface area contributed by atoms with E-state index in [1.54, 1.807) is 36.4 Å². The van der Waals surface area contributed by atoms with Crippen molar-refractivity contribution in [3.05, 3.63) is 69.8 Å². The first-order valence-corrected chi connectivity index (χ1v) is 8.87. The SMILES string of the molecule is O=C(c1ccccc1)c1ccc(N2CCCCC2CCO)c([N+](=O)[O-])c1. The van der Waals surface area contributed by atoms with Gasteiger partial charge in [-0.05, 0) is 37.8 Å². The molecule has 26 heavy (non-hydrogen) atoms. The fraction of sp³-hybridized carbons (Fsp3) is 0.350. The standard InChI is InChI=1S/C20H22N2O4/c23-13-11-17-8-4-5-12-21(17)18-10-9-16(14-19(18)22(25)26)20(24)15-6-2-1-3-7-15/h1-3,6-7,9-10,14,17,23H,4-5,8,11-13H2. The molecular weight excluding hydrogens is 332 g/mol. The molecule has 0 amide bonds. The Labute approximate surface area is 152 Å². The second-order valence-corrected chi connectivity index (χ2v) is 6.51. The number of hydrogen-bond acceptors (Lipinski definition) is 5. The van der Waals surface area contributed by atoms with Gasteiger partial charge in [0.25, 0.3) is 5.69 Å². The summed E-state index contributed by atoms with van der Waals surface area (Å²) in [6, 6.07) is 13.5. The highest BCUT2D eigenvalue weighted by molar-refractivity contribution is 6.09. The number of carbonyl (C=O) groups excluding carboxylic acids is 1. The first-order valence-electron chi connectivity index (χ1n) is 8.87. The number of carbonyl (C=O) groups is 1. The van der Waals surface area contributed by atoms with Crippen LogP contribution in [0.4, 0.5) is 11.4 Å². The summed E-state index contributed by atoms with van der Waals surface area (Å²) in [6.45, 7) is 0.775. The van der Waals surface area contributed by atoms with Crippen LogP contribution in [-0.4, -0.2) is 35.0 Å². The molecule has 1 saturated heterocycles. The van der Waals surface area contributed by atoms with Gasteiger partial charge in [0, 0.05) is 36.4 Å². The molecule has 136 valence electrons. The van der Waals surface area contributed by atoms with Crippen LogP contribution < -0.4 is 4.90 Å². The molecular formula is C20H22N2O4. The number of hydrogen-bond donors (Lipinski definition) is 1. The predicted octanol–water partition coefficient (Wildman–Crippen LogP) is 3.57. The normalized spacial score (nSPS) is 17.1. The second-order valence-electron chi connectivity index (χ2n) is 6.51. The highest BCUT2D eigenvalue weighted by Crippen LogP contribution is 2.35. The molecule has 1 aliphatic heterocycles. The third-order valence-electron chi connectivity index (χ3n) is 4.87. The molecule has 3 rings (SSSR count). The van der Waals surface area contributed by atoms with Crippen molar-refractivity contribution in [2.45, 2.75) is 31.7 Å². The van der Waals surface area contributed by atoms with E-state index in [1.165, 1.54) is 6.07 Å². The summed E-state index contributed by atoms with van der Waals surface area (Å²) in [4.78, 5) is 25.8. The number of ketones is 1. The van der Waals surface area contributed by atoms with E-state index >= 15 is 0 Å². The number of piperidine rings is 1. The van der Waals surface area contributed by atoms with Gasteiger partial charge >= 0.3 is 0 Å². The molecule has 2 aromatic carbocycles. The summed E-state index contributed by atoms with van der Waals surface area (Å²) in [7, 11) is 0. The Morgan fingerprint density at radius 3 is 2.62 bits per heavy atom. The number of anilines is 1. The van der Waals surface area contributed by atoms with Crippen LogP contribution in [0.25, 0.3) is 0 Å². The van der Waals surface area contributed by atoms with Crippen LogP contribution in [0.5, 0.6) is 0 Å². The maximum Gasteiger partial charge on any atom is 0.293 e. The van der Waals surface area contributed by atoms with Crippen molar-refractivity contribution in [3.8, 4) is 0 Å². The van der Waals surface area contributed by atoms with Gasteiger partial charge in [-0.25, -0.2) is 0 Å². The average molecular weight is 354 g/mol. The van der Waals surface area contributed by atoms with Crippen LogP contribution in [0.3, 0.4) is 0 Å². The van der Waals surface area contributed by atoms with Crippen LogP contribution in [0.15, 0.2) is 48.5 Å². The number of nitrogens with zero attached hydrogens (tertiary/aromatic N) is 2. The molecule has 0 aromatic heterocycles. The molecule has 0 bridgehead atoms. The minimum atomic E-state index is -0.429. The van der Waals surface area contributed by atoms with Gasteiger partial charge in [0.15, 0.2) is 5.78 Å². The monoisotopic (exact) mass is 354 g/mol. The van der Waals surface area contributed by atoms with E-state index in [-0.39, 0.29) is 24.1 Å². The number of rotatable bonds is 6. The van der Waals surface area contributed by atoms with Gasteiger partial charge in [0.2, 0.25) is 0 Å². The molecule has 1 aliphatic rings. The van der Waals surface area contributed by atoms with Crippen molar-refractivity contribution >= 4 is 17.2 Å². The van der Waals surface area contributed by atoms with Crippen LogP contribution in [0, 0.1) is 10.1 Å². The van der Waals surface area contributed by atoms with Crippen molar-refractivity contribution < 1.29 is 14.8 Å². The molecule has 6 heteroatoms. The van der Waals surface area contributed by atoms with Crippen LogP contribution in [0.2, 0.25) is 0 Å². The Hall–Kier alpha value is -2.73. The molecule has 0 radical (unpaired) electrons. The van der Waals surface area contributed by atoms with Crippen LogP contribution >= 0.6 is 0 Å². The van der Waals surface area contributed by atoms with E-state index in [4.69, 9.17) is 0 Å². The fourth-order valence-electron chi connectivity index (χ4n) is 3.58. The second kappa shape index (κ2) is 8.10. The molecule has 6 nitrogen and oxygen atoms in total. The first-order chi connectivity index (χ1) is 12.6. The Balaban J connectivity index is 1.97. The van der Waals surface area contributed by atoms with Crippen molar-refractivity contribution in [2.75, 3.05) is 18.1 Å². The van der Waals surface area contributed by atoms with Gasteiger partial charge < -0.3 is 10.0 Å². The number of nitro groups is 1. The Kier molecular flexibility index (Phi) is 5.63. The third kappa shape index (κ3) is 3.75. The largest absolute Gasteiger partial charge is 0.396 e. The zero-order chi connectivity index (χ0) is 18.5. The van der Waals surface area contributed by atoms with Crippen molar-refractivity contribution in [1.82, 2.24) is 0 Å². The van der Waals surface area contributed by atoms with Gasteiger partial charge in [-0.1, -0.05) is 30.3 Å². The van der Waals surface area contributed by atoms with Crippen molar-refractivity contribution in [2.24, 2.45) is 0 Å². The zero-order valence-corrected chi connectivity index (χ0v) is 14.5. The molecule has 1 fully saturated rings. The Bertz CT molecular complexity index is 790. The molecule has 0 aliphatic carbocycles. The minimum Gasteiger partial charge on any atom is -0.396 e. The summed E-state index contributed by atoms with van der Waals surface area (Å²) in [5, 5.41) is 21.0. The lowest BCUT2D eigenvalue weighted by Crippen LogP contribution is -2.40. The van der Waals surface area contributed by atoms with E-state index in [0.717, 1.165) is 25.8 Å². The summed E-state index contributed by atoms with van der Waals surface area (Å²) in [5.74, 6) is -0.231. The average Bonchev–Trinajstić information content (AvgIpc) is 2.68. The molecule has 1 unspecified atom stereocenters. The lowest BCUT2D eigenvalue weighted by Gasteiger charge is -2.37. The van der Waals surface area contributed by atoms with E-state index < -0.39 is 4.92 Å². The smallest absolute Gasteiger partial charge is 0.293 e. The summed E-state index contributed by atoms with van der Waals surface area (Å²) < 4.78 is 0. The summed E-state index contributed by atoms with van der Waals surface area (Å²) in [6.07, 6.45) is 3.51. The highest BCUT2D eigenvalue weighted by Gasteiger charge is 2.28. The predicted molar refractivity (Wildman–Crippen MR) is 99.7 cm³/mol. The number of benzene rings is 2. The lowest BCUT2D eigenvalue weighted by molar-refractivity contribution is -0.384. The van der Waals surface area contributed by atoms with Gasteiger partial charge in [-0.3, -0.25) is 14.9 Å². The number of aliphatic hydroxyl groups excluding tert-OH is 1. The van der Waals surface area contributed by atoms with Gasteiger partial charge in [0.05, 0.1) is 4.92 Å². The molecule has 1 atom stereocenters. The summed E-state index contributed by atoms with van der Waals surface area (Å²) >= 11 is 0. The summed E-state index contributed by atoms with van der Waals surface area (Å²) in [5.41, 5.74) is 1.28. The van der Waals surface area contributed by atoms with Gasteiger partial charge in [0.1, 0.15) is 5.69 Å². The van der Waals surface area contributed by atoms with Crippen LogP contribution in [0.1, 0.15) is 41.6 Å². The third-order valence-corrected chi connectivity index (χ3v) is 4.87. The molecule has 1 N–H and O–H groups in total. The Morgan fingerprint density at radius 2 is 1.92 bits per heavy atom. The molecule has 1 heterocycles. The number of aliphatic hydroxyl groups is 1. The number of nitro benzene ring substituents is 1. The van der Waals surface area contributed by atoms with Gasteiger partial charge in [-0.2, -0.15) is 0 Å². The first kappa shape index (κ1) is 18.1. The quantitative estimate of drug-likeness (QED) is 0.487. The topological polar surface area (TPSA) is 83.7 Å². The maximum atomic E-state index is 12.6. The van der Waals surface area contributed by atoms with Crippen molar-refractivity contribution in [3.63, 3.8) is 0 Å². The van der Waals surface area contributed by atoms with E-state index in [9.17, 15) is 20.0 Å². The molecule has 2 aromatic rings. The fourth-order valence-corrected chi connectivity index (χ4v) is 3.58. The maximum absolute atomic E-state index is 12.6. The van der Waals surface area contributed by atoms with Crippen molar-refractivity contribution in [1.29, 1.82) is 0 Å². The van der Waals surface area contributed by atoms with Crippen LogP contribution in [-0.2, 0) is 0 Å². The minimum absolute atomic E-state index is 0.0551. The lowest BCUT2D eigenvalue weighted by atomic mass is 9.97. The highest BCUT2D eigenvalue weighted by atomic mass is 16.6.